The molecule has 30 heavy (non-hydrogen) atoms. The molecule has 0 bridgehead atoms. The van der Waals surface area contributed by atoms with Gasteiger partial charge in [0.1, 0.15) is 17.3 Å². The van der Waals surface area contributed by atoms with E-state index in [0.717, 1.165) is 21.9 Å². The monoisotopic (exact) mass is 424 g/mol. The number of benzene rings is 2. The number of ether oxygens (including phenoxy) is 2. The first kappa shape index (κ1) is 20.2. The second-order valence-electron chi connectivity index (χ2n) is 7.05. The zero-order valence-electron chi connectivity index (χ0n) is 17.4. The largest absolute Gasteiger partial charge is 0.497 e. The fraction of sp³-hybridized carbons (Fsp3) is 0.273. The molecule has 4 aromatic rings. The predicted octanol–water partition coefficient (Wildman–Crippen LogP) is 4.04. The Morgan fingerprint density at radius 1 is 1.13 bits per heavy atom. The number of aryl methyl sites for hydroxylation is 1. The van der Waals surface area contributed by atoms with Crippen molar-refractivity contribution in [3.63, 3.8) is 0 Å². The highest BCUT2D eigenvalue weighted by Crippen LogP contribution is 2.43. The fourth-order valence-electron chi connectivity index (χ4n) is 3.62. The highest BCUT2D eigenvalue weighted by Gasteiger charge is 2.30. The van der Waals surface area contributed by atoms with Crippen LogP contribution in [0.3, 0.4) is 0 Å². The molecule has 4 rings (SSSR count). The first-order valence-corrected chi connectivity index (χ1v) is 10.3. The average molecular weight is 425 g/mol. The molecule has 0 spiro atoms. The van der Waals surface area contributed by atoms with Gasteiger partial charge in [0.2, 0.25) is 10.8 Å². The van der Waals surface area contributed by atoms with Crippen LogP contribution in [0.5, 0.6) is 17.4 Å². The van der Waals surface area contributed by atoms with Gasteiger partial charge < -0.3 is 14.6 Å². The standard InChI is InChI=1S/C22H24N4O3S/c1-14-23-22-26(24-14)21(27)20(30-22)19(25(2)13-15-8-6-5-7-9-15)17-12-16(28-3)10-11-18(17)29-4/h5-12,19,27H,13H2,1-4H3/t19-/m0/s1. The Bertz CT molecular complexity index is 1160. The van der Waals surface area contributed by atoms with Crippen molar-refractivity contribution in [3.05, 3.63) is 70.4 Å². The summed E-state index contributed by atoms with van der Waals surface area (Å²) in [6.45, 7) is 2.49. The Balaban J connectivity index is 1.86. The minimum atomic E-state index is -0.288. The van der Waals surface area contributed by atoms with Crippen molar-refractivity contribution in [2.24, 2.45) is 0 Å². The van der Waals surface area contributed by atoms with Crippen LogP contribution in [-0.2, 0) is 6.54 Å². The van der Waals surface area contributed by atoms with Crippen molar-refractivity contribution in [1.29, 1.82) is 0 Å². The van der Waals surface area contributed by atoms with E-state index in [1.54, 1.807) is 14.2 Å². The Morgan fingerprint density at radius 3 is 2.57 bits per heavy atom. The second-order valence-corrected chi connectivity index (χ2v) is 8.06. The molecule has 1 atom stereocenters. The van der Waals surface area contributed by atoms with Crippen LogP contribution in [-0.4, -0.2) is 45.9 Å². The first-order chi connectivity index (χ1) is 14.5. The van der Waals surface area contributed by atoms with Gasteiger partial charge in [0.25, 0.3) is 0 Å². The number of rotatable bonds is 7. The smallest absolute Gasteiger partial charge is 0.230 e. The van der Waals surface area contributed by atoms with E-state index in [4.69, 9.17) is 9.47 Å². The third-order valence-corrected chi connectivity index (χ3v) is 6.07. The zero-order valence-corrected chi connectivity index (χ0v) is 18.2. The molecule has 0 saturated carbocycles. The van der Waals surface area contributed by atoms with Gasteiger partial charge in [0.05, 0.1) is 25.1 Å². The summed E-state index contributed by atoms with van der Waals surface area (Å²) < 4.78 is 12.6. The van der Waals surface area contributed by atoms with Gasteiger partial charge in [-0.25, -0.2) is 4.98 Å². The van der Waals surface area contributed by atoms with Gasteiger partial charge in [-0.1, -0.05) is 41.7 Å². The van der Waals surface area contributed by atoms with Gasteiger partial charge in [-0.2, -0.15) is 4.52 Å². The van der Waals surface area contributed by atoms with Crippen LogP contribution in [0.1, 0.15) is 27.9 Å². The zero-order chi connectivity index (χ0) is 21.3. The topological polar surface area (TPSA) is 72.1 Å². The summed E-state index contributed by atoms with van der Waals surface area (Å²) in [6.07, 6.45) is 0. The normalized spacial score (nSPS) is 12.4. The summed E-state index contributed by atoms with van der Waals surface area (Å²) in [5.74, 6) is 2.15. The molecule has 156 valence electrons. The van der Waals surface area contributed by atoms with Crippen molar-refractivity contribution < 1.29 is 14.6 Å². The lowest BCUT2D eigenvalue weighted by molar-refractivity contribution is 0.260. The SMILES string of the molecule is COc1ccc(OC)c([C@@H](c2sc3nc(C)nn3c2O)N(C)Cc2ccccc2)c1. The lowest BCUT2D eigenvalue weighted by atomic mass is 10.0. The molecular formula is C22H24N4O3S. The van der Waals surface area contributed by atoms with E-state index in [1.165, 1.54) is 21.4 Å². The lowest BCUT2D eigenvalue weighted by Crippen LogP contribution is -2.25. The second kappa shape index (κ2) is 8.33. The van der Waals surface area contributed by atoms with Gasteiger partial charge in [-0.3, -0.25) is 4.90 Å². The van der Waals surface area contributed by atoms with Crippen LogP contribution in [0.2, 0.25) is 0 Å². The van der Waals surface area contributed by atoms with Crippen molar-refractivity contribution in [2.45, 2.75) is 19.5 Å². The van der Waals surface area contributed by atoms with E-state index in [9.17, 15) is 5.11 Å². The van der Waals surface area contributed by atoms with E-state index in [-0.39, 0.29) is 11.9 Å². The quantitative estimate of drug-likeness (QED) is 0.483. The van der Waals surface area contributed by atoms with Crippen molar-refractivity contribution >= 4 is 16.3 Å². The Kier molecular flexibility index (Phi) is 5.61. The van der Waals surface area contributed by atoms with Gasteiger partial charge in [-0.15, -0.1) is 5.10 Å². The van der Waals surface area contributed by atoms with E-state index < -0.39 is 0 Å². The number of methoxy groups -OCH3 is 2. The van der Waals surface area contributed by atoms with Crippen molar-refractivity contribution in [3.8, 4) is 17.4 Å². The molecule has 0 saturated heterocycles. The summed E-state index contributed by atoms with van der Waals surface area (Å²) in [4.78, 5) is 8.00. The minimum Gasteiger partial charge on any atom is -0.497 e. The number of aromatic hydroxyl groups is 1. The summed E-state index contributed by atoms with van der Waals surface area (Å²) in [7, 11) is 5.31. The third-order valence-electron chi connectivity index (χ3n) is 5.00. The van der Waals surface area contributed by atoms with Gasteiger partial charge in [0, 0.05) is 12.1 Å². The van der Waals surface area contributed by atoms with Crippen molar-refractivity contribution in [1.82, 2.24) is 19.5 Å². The van der Waals surface area contributed by atoms with E-state index in [2.05, 4.69) is 27.1 Å². The van der Waals surface area contributed by atoms with Crippen LogP contribution >= 0.6 is 11.3 Å². The average Bonchev–Trinajstić information content (AvgIpc) is 3.26. The van der Waals surface area contributed by atoms with Crippen LogP contribution in [0.15, 0.2) is 48.5 Å². The summed E-state index contributed by atoms with van der Waals surface area (Å²) >= 11 is 1.42. The maximum Gasteiger partial charge on any atom is 0.230 e. The fourth-order valence-corrected chi connectivity index (χ4v) is 4.81. The molecule has 2 heterocycles. The molecule has 7 nitrogen and oxygen atoms in total. The molecule has 2 aromatic heterocycles. The van der Waals surface area contributed by atoms with E-state index in [1.807, 2.05) is 50.4 Å². The van der Waals surface area contributed by atoms with Crippen LogP contribution < -0.4 is 9.47 Å². The van der Waals surface area contributed by atoms with Crippen molar-refractivity contribution in [2.75, 3.05) is 21.3 Å². The minimum absolute atomic E-state index is 0.0883. The highest BCUT2D eigenvalue weighted by molar-refractivity contribution is 7.17. The lowest BCUT2D eigenvalue weighted by Gasteiger charge is -2.29. The molecular weight excluding hydrogens is 400 g/mol. The molecule has 0 fully saturated rings. The molecule has 2 aromatic carbocycles. The summed E-state index contributed by atoms with van der Waals surface area (Å²) in [5.41, 5.74) is 2.06. The molecule has 0 unspecified atom stereocenters. The Hall–Kier alpha value is -3.10. The Labute approximate surface area is 179 Å². The molecule has 0 aliphatic heterocycles. The molecule has 0 amide bonds. The van der Waals surface area contributed by atoms with Crippen LogP contribution in [0, 0.1) is 6.92 Å². The van der Waals surface area contributed by atoms with Gasteiger partial charge in [0.15, 0.2) is 0 Å². The Morgan fingerprint density at radius 2 is 1.90 bits per heavy atom. The highest BCUT2D eigenvalue weighted by atomic mass is 32.1. The van der Waals surface area contributed by atoms with Gasteiger partial charge in [-0.05, 0) is 37.7 Å². The first-order valence-electron chi connectivity index (χ1n) is 9.53. The summed E-state index contributed by atoms with van der Waals surface area (Å²) in [6, 6.07) is 15.6. The molecule has 8 heteroatoms. The predicted molar refractivity (Wildman–Crippen MR) is 117 cm³/mol. The number of fused-ring (bicyclic) bond motifs is 1. The maximum absolute atomic E-state index is 11.0. The number of aromatic nitrogens is 3. The van der Waals surface area contributed by atoms with Crippen LogP contribution in [0.25, 0.3) is 4.96 Å². The number of hydrogen-bond acceptors (Lipinski definition) is 7. The molecule has 0 aliphatic carbocycles. The number of nitrogens with zero attached hydrogens (tertiary/aromatic N) is 4. The number of hydrogen-bond donors (Lipinski definition) is 1. The van der Waals surface area contributed by atoms with E-state index >= 15 is 0 Å². The molecule has 0 aliphatic rings. The third kappa shape index (κ3) is 3.71. The molecule has 1 N–H and O–H groups in total. The maximum atomic E-state index is 11.0. The summed E-state index contributed by atoms with van der Waals surface area (Å²) in [5, 5.41) is 15.3. The van der Waals surface area contributed by atoms with Crippen LogP contribution in [0.4, 0.5) is 0 Å². The van der Waals surface area contributed by atoms with E-state index in [0.29, 0.717) is 17.3 Å². The number of thiazole rings is 1. The van der Waals surface area contributed by atoms with Gasteiger partial charge >= 0.3 is 0 Å². The molecule has 0 radical (unpaired) electrons.